The van der Waals surface area contributed by atoms with Gasteiger partial charge in [-0.2, -0.15) is 0 Å². The zero-order valence-corrected chi connectivity index (χ0v) is 15.5. The fourth-order valence-corrected chi connectivity index (χ4v) is 3.09. The number of ether oxygens (including phenoxy) is 2. The maximum absolute atomic E-state index is 12.9. The van der Waals surface area contributed by atoms with Crippen molar-refractivity contribution in [2.45, 2.75) is 18.9 Å². The Kier molecular flexibility index (Phi) is 5.41. The third kappa shape index (κ3) is 4.25. The summed E-state index contributed by atoms with van der Waals surface area (Å²) in [6.45, 7) is 2.40. The van der Waals surface area contributed by atoms with Gasteiger partial charge in [-0.15, -0.1) is 0 Å². The van der Waals surface area contributed by atoms with Crippen LogP contribution in [0.1, 0.15) is 28.4 Å². The summed E-state index contributed by atoms with van der Waals surface area (Å²) in [5.41, 5.74) is 6.70. The summed E-state index contributed by atoms with van der Waals surface area (Å²) in [5, 5.41) is 0. The number of primary amides is 1. The molecule has 0 saturated carbocycles. The standard InChI is InChI=1S/C20H23N3O4/c1-20(19(21)25)13-23(6-7-27-20)18(24)16-9-15(11-22-12-16)8-14-4-3-5-17(10-14)26-2/h3-5,9-12H,6-8,13H2,1-2H3,(H2,21,25)/t20-/m0/s1. The van der Waals surface area contributed by atoms with Crippen LogP contribution in [0.4, 0.5) is 0 Å². The monoisotopic (exact) mass is 369 g/mol. The summed E-state index contributed by atoms with van der Waals surface area (Å²) in [6, 6.07) is 9.59. The van der Waals surface area contributed by atoms with Crippen LogP contribution in [0.25, 0.3) is 0 Å². The fourth-order valence-electron chi connectivity index (χ4n) is 3.09. The van der Waals surface area contributed by atoms with Gasteiger partial charge in [0.2, 0.25) is 0 Å². The number of methoxy groups -OCH3 is 1. The van der Waals surface area contributed by atoms with E-state index in [2.05, 4.69) is 4.98 Å². The quantitative estimate of drug-likeness (QED) is 0.860. The molecule has 0 unspecified atom stereocenters. The first-order valence-corrected chi connectivity index (χ1v) is 8.71. The Morgan fingerprint density at radius 2 is 2.11 bits per heavy atom. The predicted octanol–water partition coefficient (Wildman–Crippen LogP) is 1.40. The van der Waals surface area contributed by atoms with Crippen LogP contribution in [0.15, 0.2) is 42.7 Å². The number of carbonyl (C=O) groups excluding carboxylic acids is 2. The number of pyridine rings is 1. The van der Waals surface area contributed by atoms with E-state index < -0.39 is 11.5 Å². The van der Waals surface area contributed by atoms with Gasteiger partial charge in [0.25, 0.3) is 11.8 Å². The average Bonchev–Trinajstić information content (AvgIpc) is 2.67. The zero-order valence-electron chi connectivity index (χ0n) is 15.5. The maximum atomic E-state index is 12.9. The van der Waals surface area contributed by atoms with Crippen molar-refractivity contribution in [3.63, 3.8) is 0 Å². The molecule has 142 valence electrons. The van der Waals surface area contributed by atoms with Gasteiger partial charge >= 0.3 is 0 Å². The lowest BCUT2D eigenvalue weighted by atomic mass is 10.0. The lowest BCUT2D eigenvalue weighted by Gasteiger charge is -2.38. The second-order valence-corrected chi connectivity index (χ2v) is 6.78. The number of nitrogens with zero attached hydrogens (tertiary/aromatic N) is 2. The minimum absolute atomic E-state index is 0.126. The van der Waals surface area contributed by atoms with Crippen molar-refractivity contribution in [3.8, 4) is 5.75 Å². The van der Waals surface area contributed by atoms with Gasteiger partial charge in [0.15, 0.2) is 5.60 Å². The summed E-state index contributed by atoms with van der Waals surface area (Å²) in [7, 11) is 1.63. The minimum Gasteiger partial charge on any atom is -0.497 e. The Balaban J connectivity index is 1.76. The number of hydrogen-bond acceptors (Lipinski definition) is 5. The highest BCUT2D eigenvalue weighted by Gasteiger charge is 2.39. The van der Waals surface area contributed by atoms with E-state index in [1.54, 1.807) is 25.1 Å². The van der Waals surface area contributed by atoms with Crippen LogP contribution >= 0.6 is 0 Å². The van der Waals surface area contributed by atoms with Crippen molar-refractivity contribution in [2.75, 3.05) is 26.8 Å². The molecule has 7 heteroatoms. The molecule has 0 aliphatic carbocycles. The molecule has 3 rings (SSSR count). The summed E-state index contributed by atoms with van der Waals surface area (Å²) in [5.74, 6) is 0.0161. The second-order valence-electron chi connectivity index (χ2n) is 6.78. The highest BCUT2D eigenvalue weighted by atomic mass is 16.5. The molecule has 1 aliphatic rings. The largest absolute Gasteiger partial charge is 0.497 e. The number of nitrogens with two attached hydrogens (primary N) is 1. The van der Waals surface area contributed by atoms with E-state index in [1.165, 1.54) is 6.20 Å². The summed E-state index contributed by atoms with van der Waals surface area (Å²) >= 11 is 0. The Morgan fingerprint density at radius 1 is 1.30 bits per heavy atom. The van der Waals surface area contributed by atoms with E-state index in [0.29, 0.717) is 18.5 Å². The zero-order chi connectivity index (χ0) is 19.4. The second kappa shape index (κ2) is 7.75. The molecule has 2 heterocycles. The molecule has 2 aromatic rings. The average molecular weight is 369 g/mol. The van der Waals surface area contributed by atoms with Crippen LogP contribution in [0, 0.1) is 0 Å². The van der Waals surface area contributed by atoms with E-state index in [1.807, 2.05) is 30.3 Å². The number of rotatable bonds is 5. The number of aromatic nitrogens is 1. The topological polar surface area (TPSA) is 94.8 Å². The molecular formula is C20H23N3O4. The minimum atomic E-state index is -1.17. The first-order valence-electron chi connectivity index (χ1n) is 8.71. The number of benzene rings is 1. The van der Waals surface area contributed by atoms with Gasteiger partial charge in [-0.25, -0.2) is 0 Å². The Hall–Kier alpha value is -2.93. The van der Waals surface area contributed by atoms with Crippen molar-refractivity contribution >= 4 is 11.8 Å². The molecule has 2 N–H and O–H groups in total. The highest BCUT2D eigenvalue weighted by Crippen LogP contribution is 2.20. The van der Waals surface area contributed by atoms with Gasteiger partial charge in [0.1, 0.15) is 5.75 Å². The predicted molar refractivity (Wildman–Crippen MR) is 99.5 cm³/mol. The van der Waals surface area contributed by atoms with Gasteiger partial charge in [0.05, 0.1) is 25.8 Å². The van der Waals surface area contributed by atoms with Crippen LogP contribution in [0.5, 0.6) is 5.75 Å². The van der Waals surface area contributed by atoms with Crippen molar-refractivity contribution in [2.24, 2.45) is 5.73 Å². The molecule has 1 aromatic carbocycles. The van der Waals surface area contributed by atoms with E-state index in [9.17, 15) is 9.59 Å². The summed E-state index contributed by atoms with van der Waals surface area (Å²) in [6.07, 6.45) is 3.91. The normalized spacial score (nSPS) is 19.6. The first-order chi connectivity index (χ1) is 12.9. The fraction of sp³-hybridized carbons (Fsp3) is 0.350. The van der Waals surface area contributed by atoms with Gasteiger partial charge in [-0.1, -0.05) is 12.1 Å². The molecule has 27 heavy (non-hydrogen) atoms. The van der Waals surface area contributed by atoms with Crippen molar-refractivity contribution < 1.29 is 19.1 Å². The molecule has 1 saturated heterocycles. The van der Waals surface area contributed by atoms with Gasteiger partial charge in [-0.05, 0) is 42.7 Å². The molecule has 2 amide bonds. The SMILES string of the molecule is COc1cccc(Cc2cncc(C(=O)N3CCO[C@](C)(C(N)=O)C3)c2)c1. The van der Waals surface area contributed by atoms with Gasteiger partial charge in [-0.3, -0.25) is 14.6 Å². The third-order valence-electron chi connectivity index (χ3n) is 4.67. The molecule has 0 radical (unpaired) electrons. The smallest absolute Gasteiger partial charge is 0.255 e. The molecule has 7 nitrogen and oxygen atoms in total. The Bertz CT molecular complexity index is 855. The number of hydrogen-bond donors (Lipinski definition) is 1. The molecular weight excluding hydrogens is 346 g/mol. The van der Waals surface area contributed by atoms with Crippen molar-refractivity contribution in [1.82, 2.24) is 9.88 Å². The maximum Gasteiger partial charge on any atom is 0.255 e. The van der Waals surface area contributed by atoms with E-state index in [4.69, 9.17) is 15.2 Å². The molecule has 1 atom stereocenters. The van der Waals surface area contributed by atoms with Crippen LogP contribution in [-0.2, 0) is 16.0 Å². The van der Waals surface area contributed by atoms with Crippen LogP contribution in [0.2, 0.25) is 0 Å². The molecule has 1 aliphatic heterocycles. The lowest BCUT2D eigenvalue weighted by Crippen LogP contribution is -2.58. The van der Waals surface area contributed by atoms with Crippen LogP contribution in [0.3, 0.4) is 0 Å². The van der Waals surface area contributed by atoms with E-state index in [-0.39, 0.29) is 19.1 Å². The number of morpholine rings is 1. The molecule has 1 fully saturated rings. The van der Waals surface area contributed by atoms with Crippen LogP contribution in [-0.4, -0.2) is 54.1 Å². The van der Waals surface area contributed by atoms with Crippen molar-refractivity contribution in [1.29, 1.82) is 0 Å². The van der Waals surface area contributed by atoms with Crippen LogP contribution < -0.4 is 10.5 Å². The Morgan fingerprint density at radius 3 is 2.85 bits per heavy atom. The van der Waals surface area contributed by atoms with Crippen molar-refractivity contribution in [3.05, 3.63) is 59.4 Å². The molecule has 0 spiro atoms. The highest BCUT2D eigenvalue weighted by molar-refractivity contribution is 5.95. The number of carbonyl (C=O) groups is 2. The molecule has 1 aromatic heterocycles. The lowest BCUT2D eigenvalue weighted by molar-refractivity contribution is -0.150. The first kappa shape index (κ1) is 18.8. The van der Waals surface area contributed by atoms with Gasteiger partial charge in [0, 0.05) is 18.9 Å². The summed E-state index contributed by atoms with van der Waals surface area (Å²) in [4.78, 5) is 30.3. The van der Waals surface area contributed by atoms with E-state index >= 15 is 0 Å². The Labute approximate surface area is 158 Å². The number of amides is 2. The van der Waals surface area contributed by atoms with Gasteiger partial charge < -0.3 is 20.1 Å². The summed E-state index contributed by atoms with van der Waals surface area (Å²) < 4.78 is 10.7. The molecule has 0 bridgehead atoms. The third-order valence-corrected chi connectivity index (χ3v) is 4.67. The van der Waals surface area contributed by atoms with E-state index in [0.717, 1.165) is 16.9 Å².